The summed E-state index contributed by atoms with van der Waals surface area (Å²) in [6.45, 7) is 2.35. The van der Waals surface area contributed by atoms with E-state index in [2.05, 4.69) is 10.5 Å². The van der Waals surface area contributed by atoms with Crippen LogP contribution < -0.4 is 5.32 Å². The van der Waals surface area contributed by atoms with Gasteiger partial charge in [0.2, 0.25) is 0 Å². The maximum absolute atomic E-state index is 11.7. The van der Waals surface area contributed by atoms with Gasteiger partial charge < -0.3 is 10.2 Å². The first-order valence-electron chi connectivity index (χ1n) is 7.47. The fourth-order valence-electron chi connectivity index (χ4n) is 1.96. The van der Waals surface area contributed by atoms with E-state index in [4.69, 9.17) is 28.0 Å². The molecule has 126 valence electrons. The molecule has 0 saturated carbocycles. The van der Waals surface area contributed by atoms with Crippen molar-refractivity contribution in [2.75, 3.05) is 13.2 Å². The second-order valence-electron chi connectivity index (χ2n) is 5.25. The van der Waals surface area contributed by atoms with Gasteiger partial charge in [0.1, 0.15) is 0 Å². The highest BCUT2D eigenvalue weighted by molar-refractivity contribution is 6.35. The molecule has 24 heavy (non-hydrogen) atoms. The standard InChI is InChI=1S/C18H18Cl2N2O2/c1-13-2-4-14(5-3-13)11-22-24-12-18(23)21-9-8-15-6-7-16(19)10-17(15)20/h2-7,10-11H,8-9,12H2,1H3,(H,21,23)/b22-11-. The number of oxime groups is 1. The monoisotopic (exact) mass is 364 g/mol. The molecule has 0 heterocycles. The van der Waals surface area contributed by atoms with E-state index in [9.17, 15) is 4.79 Å². The molecule has 6 heteroatoms. The molecule has 1 N–H and O–H groups in total. The third-order valence-corrected chi connectivity index (χ3v) is 3.87. The molecule has 0 fully saturated rings. The van der Waals surface area contributed by atoms with E-state index in [1.54, 1.807) is 18.3 Å². The average molecular weight is 365 g/mol. The summed E-state index contributed by atoms with van der Waals surface area (Å²) in [4.78, 5) is 16.6. The van der Waals surface area contributed by atoms with Crippen molar-refractivity contribution in [3.8, 4) is 0 Å². The molecule has 0 aliphatic rings. The Morgan fingerprint density at radius 1 is 1.21 bits per heavy atom. The Kier molecular flexibility index (Phi) is 7.09. The fraction of sp³-hybridized carbons (Fsp3) is 0.222. The zero-order valence-corrected chi connectivity index (χ0v) is 14.8. The largest absolute Gasteiger partial charge is 0.386 e. The minimum atomic E-state index is -0.235. The number of nitrogens with zero attached hydrogens (tertiary/aromatic N) is 1. The molecule has 1 amide bonds. The third-order valence-electron chi connectivity index (χ3n) is 3.28. The van der Waals surface area contributed by atoms with Gasteiger partial charge in [0.05, 0.1) is 6.21 Å². The van der Waals surface area contributed by atoms with Crippen LogP contribution in [0, 0.1) is 6.92 Å². The number of halogens is 2. The predicted molar refractivity (Wildman–Crippen MR) is 97.9 cm³/mol. The lowest BCUT2D eigenvalue weighted by Gasteiger charge is -2.06. The van der Waals surface area contributed by atoms with E-state index >= 15 is 0 Å². The van der Waals surface area contributed by atoms with E-state index in [0.717, 1.165) is 11.1 Å². The Hall–Kier alpha value is -2.04. The van der Waals surface area contributed by atoms with Crippen molar-refractivity contribution in [3.05, 3.63) is 69.2 Å². The molecular formula is C18H18Cl2N2O2. The highest BCUT2D eigenvalue weighted by Crippen LogP contribution is 2.20. The van der Waals surface area contributed by atoms with Gasteiger partial charge >= 0.3 is 0 Å². The van der Waals surface area contributed by atoms with Gasteiger partial charge in [-0.15, -0.1) is 0 Å². The Balaban J connectivity index is 1.67. The number of aryl methyl sites for hydroxylation is 1. The molecule has 0 bridgehead atoms. The summed E-state index contributed by atoms with van der Waals surface area (Å²) in [5.41, 5.74) is 3.02. The zero-order valence-electron chi connectivity index (χ0n) is 13.3. The molecule has 0 unspecified atom stereocenters. The maximum atomic E-state index is 11.7. The SMILES string of the molecule is Cc1ccc(/C=N\OCC(=O)NCCc2ccc(Cl)cc2Cl)cc1. The van der Waals surface area contributed by atoms with Crippen LogP contribution in [-0.4, -0.2) is 25.3 Å². The van der Waals surface area contributed by atoms with Crippen LogP contribution in [0.5, 0.6) is 0 Å². The lowest BCUT2D eigenvalue weighted by molar-refractivity contribution is -0.125. The van der Waals surface area contributed by atoms with Crippen molar-refractivity contribution < 1.29 is 9.63 Å². The summed E-state index contributed by atoms with van der Waals surface area (Å²) in [7, 11) is 0. The number of benzene rings is 2. The predicted octanol–water partition coefficient (Wildman–Crippen LogP) is 4.01. The van der Waals surface area contributed by atoms with Crippen LogP contribution in [0.2, 0.25) is 10.0 Å². The van der Waals surface area contributed by atoms with E-state index in [0.29, 0.717) is 23.0 Å². The van der Waals surface area contributed by atoms with Crippen molar-refractivity contribution >= 4 is 35.3 Å². The number of nitrogens with one attached hydrogen (secondary N) is 1. The minimum absolute atomic E-state index is 0.128. The van der Waals surface area contributed by atoms with Crippen molar-refractivity contribution in [1.29, 1.82) is 0 Å². The van der Waals surface area contributed by atoms with Gasteiger partial charge in [0.25, 0.3) is 5.91 Å². The van der Waals surface area contributed by atoms with Crippen LogP contribution in [0.1, 0.15) is 16.7 Å². The number of amides is 1. The molecule has 4 nitrogen and oxygen atoms in total. The van der Waals surface area contributed by atoms with Crippen LogP contribution >= 0.6 is 23.2 Å². The van der Waals surface area contributed by atoms with Crippen LogP contribution in [0.3, 0.4) is 0 Å². The van der Waals surface area contributed by atoms with E-state index < -0.39 is 0 Å². The van der Waals surface area contributed by atoms with Crippen molar-refractivity contribution in [2.24, 2.45) is 5.16 Å². The second-order valence-corrected chi connectivity index (χ2v) is 6.10. The maximum Gasteiger partial charge on any atom is 0.260 e. The smallest absolute Gasteiger partial charge is 0.260 e. The highest BCUT2D eigenvalue weighted by Gasteiger charge is 2.04. The number of hydrogen-bond acceptors (Lipinski definition) is 3. The number of rotatable bonds is 7. The Labute approximate surface area is 151 Å². The number of carbonyl (C=O) groups is 1. The minimum Gasteiger partial charge on any atom is -0.386 e. The van der Waals surface area contributed by atoms with Gasteiger partial charge in [-0.3, -0.25) is 4.79 Å². The van der Waals surface area contributed by atoms with Crippen LogP contribution in [0.4, 0.5) is 0 Å². The van der Waals surface area contributed by atoms with E-state index in [1.165, 1.54) is 5.56 Å². The first kappa shape index (κ1) is 18.3. The normalized spacial score (nSPS) is 10.8. The number of carbonyl (C=O) groups excluding carboxylic acids is 1. The summed E-state index contributed by atoms with van der Waals surface area (Å²) in [6, 6.07) is 13.1. The third kappa shape index (κ3) is 6.22. The molecule has 0 saturated heterocycles. The highest BCUT2D eigenvalue weighted by atomic mass is 35.5. The lowest BCUT2D eigenvalue weighted by Crippen LogP contribution is -2.28. The van der Waals surface area contributed by atoms with Crippen molar-refractivity contribution in [2.45, 2.75) is 13.3 Å². The van der Waals surface area contributed by atoms with Gasteiger partial charge in [-0.05, 0) is 36.6 Å². The first-order valence-corrected chi connectivity index (χ1v) is 8.23. The molecule has 0 aliphatic carbocycles. The summed E-state index contributed by atoms with van der Waals surface area (Å²) in [5.74, 6) is -0.235. The molecule has 0 spiro atoms. The molecule has 0 aromatic heterocycles. The molecule has 0 atom stereocenters. The van der Waals surface area contributed by atoms with Gasteiger partial charge in [0.15, 0.2) is 6.61 Å². The van der Waals surface area contributed by atoms with Gasteiger partial charge in [-0.25, -0.2) is 0 Å². The van der Waals surface area contributed by atoms with Gasteiger partial charge in [-0.1, -0.05) is 64.3 Å². The second kappa shape index (κ2) is 9.30. The Bertz CT molecular complexity index is 715. The van der Waals surface area contributed by atoms with E-state index in [1.807, 2.05) is 37.3 Å². The average Bonchev–Trinajstić information content (AvgIpc) is 2.55. The zero-order chi connectivity index (χ0) is 17.4. The van der Waals surface area contributed by atoms with Gasteiger partial charge in [0, 0.05) is 16.6 Å². The first-order chi connectivity index (χ1) is 11.5. The lowest BCUT2D eigenvalue weighted by atomic mass is 10.1. The topological polar surface area (TPSA) is 50.7 Å². The summed E-state index contributed by atoms with van der Waals surface area (Å²) in [6.07, 6.45) is 2.19. The quantitative estimate of drug-likeness (QED) is 0.595. The van der Waals surface area contributed by atoms with Crippen molar-refractivity contribution in [3.63, 3.8) is 0 Å². The van der Waals surface area contributed by atoms with E-state index in [-0.39, 0.29) is 12.5 Å². The summed E-state index contributed by atoms with van der Waals surface area (Å²) < 4.78 is 0. The van der Waals surface area contributed by atoms with Gasteiger partial charge in [-0.2, -0.15) is 0 Å². The molecule has 0 aliphatic heterocycles. The molecule has 2 aromatic rings. The molecule has 2 aromatic carbocycles. The summed E-state index contributed by atoms with van der Waals surface area (Å²) in [5, 5.41) is 7.71. The van der Waals surface area contributed by atoms with Crippen LogP contribution in [0.25, 0.3) is 0 Å². The van der Waals surface area contributed by atoms with Crippen LogP contribution in [-0.2, 0) is 16.1 Å². The Morgan fingerprint density at radius 2 is 1.96 bits per heavy atom. The van der Waals surface area contributed by atoms with Crippen molar-refractivity contribution in [1.82, 2.24) is 5.32 Å². The molecular weight excluding hydrogens is 347 g/mol. The molecule has 0 radical (unpaired) electrons. The van der Waals surface area contributed by atoms with Crippen LogP contribution in [0.15, 0.2) is 47.6 Å². The Morgan fingerprint density at radius 3 is 2.67 bits per heavy atom. The summed E-state index contributed by atoms with van der Waals surface area (Å²) >= 11 is 11.9. The fourth-order valence-corrected chi connectivity index (χ4v) is 2.46. The molecule has 2 rings (SSSR count). The number of hydrogen-bond donors (Lipinski definition) is 1.